The van der Waals surface area contributed by atoms with Gasteiger partial charge in [-0.15, -0.1) is 0 Å². The van der Waals surface area contributed by atoms with Crippen molar-refractivity contribution in [1.82, 2.24) is 15.0 Å². The van der Waals surface area contributed by atoms with Crippen LogP contribution in [0.15, 0.2) is 21.1 Å². The molecule has 1 atom stereocenters. The molecule has 0 saturated carbocycles. The molecule has 0 unspecified atom stereocenters. The first-order chi connectivity index (χ1) is 8.06. The fraction of sp³-hybridized carbons (Fsp3) is 0.500. The summed E-state index contributed by atoms with van der Waals surface area (Å²) in [5, 5.41) is 3.80. The third-order valence-electron chi connectivity index (χ3n) is 2.76. The van der Waals surface area contributed by atoms with Gasteiger partial charge in [-0.25, -0.2) is 0 Å². The molecule has 0 fully saturated rings. The summed E-state index contributed by atoms with van der Waals surface area (Å²) < 4.78 is 10.7. The van der Waals surface area contributed by atoms with Gasteiger partial charge in [0.1, 0.15) is 11.5 Å². The molecule has 2 aromatic heterocycles. The molecule has 0 bridgehead atoms. The number of rotatable bonds is 4. The summed E-state index contributed by atoms with van der Waals surface area (Å²) in [6.45, 7) is 6.50. The Hall–Kier alpha value is -1.62. The summed E-state index contributed by atoms with van der Waals surface area (Å²) in [7, 11) is 2.00. The molecule has 0 aliphatic heterocycles. The Labute approximate surface area is 100 Å². The zero-order valence-electron chi connectivity index (χ0n) is 10.6. The maximum absolute atomic E-state index is 5.54. The van der Waals surface area contributed by atoms with E-state index in [1.165, 1.54) is 0 Å². The number of hydrogen-bond acceptors (Lipinski definition) is 5. The zero-order chi connectivity index (χ0) is 12.4. The Bertz CT molecular complexity index is 489. The molecule has 0 N–H and O–H groups in total. The van der Waals surface area contributed by atoms with E-state index >= 15 is 0 Å². The van der Waals surface area contributed by atoms with Crippen LogP contribution in [0.5, 0.6) is 0 Å². The molecule has 0 saturated heterocycles. The van der Waals surface area contributed by atoms with Crippen LogP contribution in [0.1, 0.15) is 36.2 Å². The monoisotopic (exact) mass is 235 g/mol. The minimum Gasteiger partial charge on any atom is -0.465 e. The topological polar surface area (TPSA) is 55.3 Å². The molecule has 2 heterocycles. The Morgan fingerprint density at radius 1 is 1.35 bits per heavy atom. The summed E-state index contributed by atoms with van der Waals surface area (Å²) in [5.41, 5.74) is 0. The van der Waals surface area contributed by atoms with Crippen molar-refractivity contribution in [2.75, 3.05) is 7.05 Å². The fourth-order valence-corrected chi connectivity index (χ4v) is 1.62. The highest BCUT2D eigenvalue weighted by atomic mass is 16.5. The quantitative estimate of drug-likeness (QED) is 0.814. The number of hydrogen-bond donors (Lipinski definition) is 0. The summed E-state index contributed by atoms with van der Waals surface area (Å²) in [5.74, 6) is 3.16. The first-order valence-electron chi connectivity index (χ1n) is 5.62. The Kier molecular flexibility index (Phi) is 3.28. The van der Waals surface area contributed by atoms with Gasteiger partial charge >= 0.3 is 0 Å². The predicted octanol–water partition coefficient (Wildman–Crippen LogP) is 2.47. The number of aryl methyl sites for hydroxylation is 2. The van der Waals surface area contributed by atoms with Crippen molar-refractivity contribution in [3.05, 3.63) is 35.4 Å². The predicted molar refractivity (Wildman–Crippen MR) is 62.4 cm³/mol. The van der Waals surface area contributed by atoms with Crippen molar-refractivity contribution in [3.63, 3.8) is 0 Å². The van der Waals surface area contributed by atoms with Gasteiger partial charge in [0.2, 0.25) is 5.89 Å². The largest absolute Gasteiger partial charge is 0.465 e. The molecule has 0 aliphatic carbocycles. The molecular weight excluding hydrogens is 218 g/mol. The fourth-order valence-electron chi connectivity index (χ4n) is 1.62. The van der Waals surface area contributed by atoms with Crippen LogP contribution in [-0.2, 0) is 6.54 Å². The van der Waals surface area contributed by atoms with E-state index in [9.17, 15) is 0 Å². The molecule has 92 valence electrons. The number of furan rings is 1. The Morgan fingerprint density at radius 2 is 2.12 bits per heavy atom. The molecule has 5 nitrogen and oxygen atoms in total. The average molecular weight is 235 g/mol. The lowest BCUT2D eigenvalue weighted by Gasteiger charge is -2.20. The highest BCUT2D eigenvalue weighted by molar-refractivity contribution is 5.05. The second-order valence-electron chi connectivity index (χ2n) is 4.28. The Morgan fingerprint density at radius 3 is 2.65 bits per heavy atom. The van der Waals surface area contributed by atoms with Crippen molar-refractivity contribution in [2.24, 2.45) is 0 Å². The van der Waals surface area contributed by atoms with Crippen LogP contribution >= 0.6 is 0 Å². The maximum Gasteiger partial charge on any atom is 0.243 e. The number of aromatic nitrogens is 2. The van der Waals surface area contributed by atoms with E-state index in [1.54, 1.807) is 0 Å². The van der Waals surface area contributed by atoms with Crippen molar-refractivity contribution >= 4 is 0 Å². The molecule has 0 radical (unpaired) electrons. The molecular formula is C12H17N3O2. The van der Waals surface area contributed by atoms with Gasteiger partial charge in [-0.1, -0.05) is 5.16 Å². The minimum absolute atomic E-state index is 0.0709. The molecule has 0 amide bonds. The summed E-state index contributed by atoms with van der Waals surface area (Å²) in [6.07, 6.45) is 0. The Balaban J connectivity index is 2.02. The molecule has 17 heavy (non-hydrogen) atoms. The first-order valence-corrected chi connectivity index (χ1v) is 5.62. The third-order valence-corrected chi connectivity index (χ3v) is 2.76. The van der Waals surface area contributed by atoms with Gasteiger partial charge in [0.15, 0.2) is 5.82 Å². The second kappa shape index (κ2) is 4.71. The van der Waals surface area contributed by atoms with E-state index in [4.69, 9.17) is 8.94 Å². The van der Waals surface area contributed by atoms with E-state index in [1.807, 2.05) is 40.0 Å². The lowest BCUT2D eigenvalue weighted by Crippen LogP contribution is -2.21. The molecule has 5 heteroatoms. The smallest absolute Gasteiger partial charge is 0.243 e. The van der Waals surface area contributed by atoms with E-state index < -0.39 is 0 Å². The van der Waals surface area contributed by atoms with Crippen LogP contribution in [0.2, 0.25) is 0 Å². The molecule has 2 aromatic rings. The van der Waals surface area contributed by atoms with Crippen LogP contribution < -0.4 is 0 Å². The van der Waals surface area contributed by atoms with Gasteiger partial charge in [-0.05, 0) is 40.0 Å². The molecule has 0 aromatic carbocycles. The van der Waals surface area contributed by atoms with Gasteiger partial charge in [-0.2, -0.15) is 4.98 Å². The van der Waals surface area contributed by atoms with Crippen LogP contribution in [0.25, 0.3) is 0 Å². The second-order valence-corrected chi connectivity index (χ2v) is 4.28. The van der Waals surface area contributed by atoms with Crippen molar-refractivity contribution in [1.29, 1.82) is 0 Å². The third kappa shape index (κ3) is 2.74. The van der Waals surface area contributed by atoms with Crippen LogP contribution in [0.3, 0.4) is 0 Å². The zero-order valence-corrected chi connectivity index (χ0v) is 10.6. The van der Waals surface area contributed by atoms with Gasteiger partial charge in [0, 0.05) is 0 Å². The van der Waals surface area contributed by atoms with Crippen molar-refractivity contribution in [3.8, 4) is 0 Å². The van der Waals surface area contributed by atoms with Crippen LogP contribution in [-0.4, -0.2) is 22.1 Å². The van der Waals surface area contributed by atoms with Gasteiger partial charge in [0.05, 0.1) is 12.6 Å². The van der Waals surface area contributed by atoms with Crippen LogP contribution in [0.4, 0.5) is 0 Å². The van der Waals surface area contributed by atoms with Crippen molar-refractivity contribution in [2.45, 2.75) is 33.4 Å². The molecule has 0 spiro atoms. The van der Waals surface area contributed by atoms with E-state index in [2.05, 4.69) is 15.0 Å². The average Bonchev–Trinajstić information content (AvgIpc) is 2.87. The lowest BCUT2D eigenvalue weighted by atomic mass is 10.3. The van der Waals surface area contributed by atoms with Gasteiger partial charge in [-0.3, -0.25) is 4.90 Å². The van der Waals surface area contributed by atoms with E-state index in [0.717, 1.165) is 18.1 Å². The summed E-state index contributed by atoms with van der Waals surface area (Å²) >= 11 is 0. The summed E-state index contributed by atoms with van der Waals surface area (Å²) in [6, 6.07) is 4.02. The highest BCUT2D eigenvalue weighted by Crippen LogP contribution is 2.19. The lowest BCUT2D eigenvalue weighted by molar-refractivity contribution is 0.189. The highest BCUT2D eigenvalue weighted by Gasteiger charge is 2.18. The standard InChI is InChI=1S/C12H17N3O2/c1-8-5-6-11(16-8)7-15(4)9(2)12-13-10(3)14-17-12/h5-6,9H,7H2,1-4H3/t9-/m0/s1. The van der Waals surface area contributed by atoms with Gasteiger partial charge in [0.25, 0.3) is 0 Å². The van der Waals surface area contributed by atoms with Crippen molar-refractivity contribution < 1.29 is 8.94 Å². The molecule has 2 rings (SSSR count). The number of nitrogens with zero attached hydrogens (tertiary/aromatic N) is 3. The summed E-state index contributed by atoms with van der Waals surface area (Å²) in [4.78, 5) is 6.33. The van der Waals surface area contributed by atoms with Crippen LogP contribution in [0, 0.1) is 13.8 Å². The molecule has 0 aliphatic rings. The SMILES string of the molecule is Cc1noc([C@H](C)N(C)Cc2ccc(C)o2)n1. The minimum atomic E-state index is 0.0709. The maximum atomic E-state index is 5.54. The normalized spacial score (nSPS) is 13.2. The van der Waals surface area contributed by atoms with Gasteiger partial charge < -0.3 is 8.94 Å². The van der Waals surface area contributed by atoms with E-state index in [0.29, 0.717) is 11.7 Å². The first kappa shape index (κ1) is 11.9. The van der Waals surface area contributed by atoms with E-state index in [-0.39, 0.29) is 6.04 Å².